The van der Waals surface area contributed by atoms with Crippen LogP contribution in [0.2, 0.25) is 0 Å². The first kappa shape index (κ1) is 13.8. The third-order valence-electron chi connectivity index (χ3n) is 2.47. The largest absolute Gasteiger partial charge is 0.465 e. The Morgan fingerprint density at radius 3 is 2.94 bits per heavy atom. The van der Waals surface area contributed by atoms with Crippen LogP contribution >= 0.6 is 23.1 Å². The number of carbonyl (C=O) groups excluding carboxylic acids is 1. The summed E-state index contributed by atoms with van der Waals surface area (Å²) in [6.07, 6.45) is 2.30. The summed E-state index contributed by atoms with van der Waals surface area (Å²) in [5.41, 5.74) is 0. The summed E-state index contributed by atoms with van der Waals surface area (Å²) in [6.45, 7) is 4.17. The molecular weight excluding hydrogens is 270 g/mol. The molecule has 0 aromatic carbocycles. The van der Waals surface area contributed by atoms with Gasteiger partial charge < -0.3 is 10.1 Å². The second-order valence-corrected chi connectivity index (χ2v) is 6.59. The molecule has 0 radical (unpaired) electrons. The fourth-order valence-electron chi connectivity index (χ4n) is 1.45. The Balaban J connectivity index is 1.85. The van der Waals surface area contributed by atoms with Gasteiger partial charge in [-0.25, -0.2) is 0 Å². The molecule has 1 aromatic rings. The number of esters is 1. The van der Waals surface area contributed by atoms with Gasteiger partial charge in [0.15, 0.2) is 4.34 Å². The lowest BCUT2D eigenvalue weighted by molar-refractivity contribution is -0.145. The molecule has 1 unspecified atom stereocenters. The lowest BCUT2D eigenvalue weighted by Crippen LogP contribution is -2.41. The van der Waals surface area contributed by atoms with Crippen molar-refractivity contribution in [3.05, 3.63) is 5.01 Å². The van der Waals surface area contributed by atoms with Gasteiger partial charge in [-0.3, -0.25) is 4.79 Å². The molecule has 1 saturated carbocycles. The quantitative estimate of drug-likeness (QED) is 0.607. The minimum absolute atomic E-state index is 0.168. The zero-order valence-electron chi connectivity index (χ0n) is 10.5. The van der Waals surface area contributed by atoms with Crippen LogP contribution in [0.15, 0.2) is 4.34 Å². The van der Waals surface area contributed by atoms with E-state index in [1.165, 1.54) is 0 Å². The molecule has 1 N–H and O–H groups in total. The minimum atomic E-state index is -0.244. The van der Waals surface area contributed by atoms with E-state index in [1.807, 2.05) is 13.8 Å². The summed E-state index contributed by atoms with van der Waals surface area (Å²) in [5.74, 6) is 0.474. The maximum atomic E-state index is 11.8. The van der Waals surface area contributed by atoms with E-state index in [4.69, 9.17) is 4.74 Å². The number of carbonyl (C=O) groups is 1. The van der Waals surface area contributed by atoms with Gasteiger partial charge in [0, 0.05) is 11.8 Å². The van der Waals surface area contributed by atoms with Gasteiger partial charge in [0.05, 0.1) is 6.61 Å². The molecule has 5 nitrogen and oxygen atoms in total. The van der Waals surface area contributed by atoms with Crippen LogP contribution in [-0.4, -0.2) is 40.6 Å². The molecule has 2 rings (SSSR count). The Morgan fingerprint density at radius 1 is 1.61 bits per heavy atom. The molecule has 1 atom stereocenters. The molecule has 0 spiro atoms. The Morgan fingerprint density at radius 2 is 2.39 bits per heavy atom. The van der Waals surface area contributed by atoms with Gasteiger partial charge in [-0.15, -0.1) is 10.2 Å². The van der Waals surface area contributed by atoms with Crippen molar-refractivity contribution in [2.24, 2.45) is 0 Å². The second-order valence-electron chi connectivity index (χ2n) is 4.14. The number of aromatic nitrogens is 2. The van der Waals surface area contributed by atoms with E-state index in [9.17, 15) is 4.79 Å². The lowest BCUT2D eigenvalue weighted by atomic mass is 10.3. The van der Waals surface area contributed by atoms with Crippen LogP contribution in [0.3, 0.4) is 0 Å². The molecule has 0 saturated heterocycles. The van der Waals surface area contributed by atoms with Gasteiger partial charge in [0.25, 0.3) is 0 Å². The highest BCUT2D eigenvalue weighted by molar-refractivity contribution is 8.01. The van der Waals surface area contributed by atoms with Crippen molar-refractivity contribution < 1.29 is 9.53 Å². The van der Waals surface area contributed by atoms with Crippen LogP contribution in [0, 0.1) is 6.92 Å². The molecule has 1 aliphatic rings. The fraction of sp³-hybridized carbons (Fsp3) is 0.727. The van der Waals surface area contributed by atoms with Crippen LogP contribution in [0.1, 0.15) is 24.8 Å². The monoisotopic (exact) mass is 287 g/mol. The van der Waals surface area contributed by atoms with Gasteiger partial charge in [-0.1, -0.05) is 23.1 Å². The number of ether oxygens (including phenoxy) is 1. The van der Waals surface area contributed by atoms with E-state index in [-0.39, 0.29) is 12.0 Å². The van der Waals surface area contributed by atoms with Crippen LogP contribution < -0.4 is 5.32 Å². The Labute approximate surface area is 115 Å². The number of nitrogens with zero attached hydrogens (tertiary/aromatic N) is 2. The molecule has 0 amide bonds. The van der Waals surface area contributed by atoms with Crippen molar-refractivity contribution in [2.75, 3.05) is 12.4 Å². The van der Waals surface area contributed by atoms with Crippen molar-refractivity contribution in [2.45, 2.75) is 43.1 Å². The summed E-state index contributed by atoms with van der Waals surface area (Å²) in [5, 5.41) is 12.3. The molecule has 18 heavy (non-hydrogen) atoms. The average Bonchev–Trinajstić information content (AvgIpc) is 3.06. The van der Waals surface area contributed by atoms with Crippen molar-refractivity contribution in [1.29, 1.82) is 0 Å². The maximum Gasteiger partial charge on any atom is 0.324 e. The fourth-order valence-corrected chi connectivity index (χ4v) is 3.31. The number of hydrogen-bond acceptors (Lipinski definition) is 7. The highest BCUT2D eigenvalue weighted by Crippen LogP contribution is 2.25. The van der Waals surface area contributed by atoms with E-state index in [0.29, 0.717) is 18.4 Å². The second kappa shape index (κ2) is 6.49. The summed E-state index contributed by atoms with van der Waals surface area (Å²) < 4.78 is 5.98. The molecule has 1 aromatic heterocycles. The van der Waals surface area contributed by atoms with Crippen molar-refractivity contribution >= 4 is 29.1 Å². The van der Waals surface area contributed by atoms with Gasteiger partial charge in [-0.2, -0.15) is 0 Å². The summed E-state index contributed by atoms with van der Waals surface area (Å²) >= 11 is 3.11. The Kier molecular flexibility index (Phi) is 4.96. The van der Waals surface area contributed by atoms with E-state index in [1.54, 1.807) is 23.1 Å². The predicted molar refractivity (Wildman–Crippen MR) is 71.9 cm³/mol. The molecular formula is C11H17N3O2S2. The van der Waals surface area contributed by atoms with Crippen molar-refractivity contribution in [1.82, 2.24) is 15.5 Å². The molecule has 1 aliphatic carbocycles. The number of aryl methyl sites for hydroxylation is 1. The average molecular weight is 287 g/mol. The van der Waals surface area contributed by atoms with Crippen molar-refractivity contribution in [3.63, 3.8) is 0 Å². The summed E-state index contributed by atoms with van der Waals surface area (Å²) in [6, 6.07) is 0.239. The van der Waals surface area contributed by atoms with E-state index >= 15 is 0 Å². The number of hydrogen-bond donors (Lipinski definition) is 1. The van der Waals surface area contributed by atoms with Gasteiger partial charge in [-0.05, 0) is 26.7 Å². The molecule has 7 heteroatoms. The number of rotatable bonds is 7. The topological polar surface area (TPSA) is 64.1 Å². The predicted octanol–water partition coefficient (Wildman–Crippen LogP) is 1.62. The molecule has 100 valence electrons. The van der Waals surface area contributed by atoms with Gasteiger partial charge in [0.1, 0.15) is 11.0 Å². The van der Waals surface area contributed by atoms with E-state index in [0.717, 1.165) is 22.2 Å². The van der Waals surface area contributed by atoms with E-state index in [2.05, 4.69) is 15.5 Å². The van der Waals surface area contributed by atoms with Crippen LogP contribution in [0.4, 0.5) is 0 Å². The van der Waals surface area contributed by atoms with Gasteiger partial charge >= 0.3 is 5.97 Å². The smallest absolute Gasteiger partial charge is 0.324 e. The maximum absolute atomic E-state index is 11.8. The molecule has 1 heterocycles. The van der Waals surface area contributed by atoms with Crippen LogP contribution in [-0.2, 0) is 9.53 Å². The van der Waals surface area contributed by atoms with E-state index < -0.39 is 0 Å². The molecule has 1 fully saturated rings. The molecule has 0 bridgehead atoms. The van der Waals surface area contributed by atoms with Gasteiger partial charge in [0.2, 0.25) is 0 Å². The highest BCUT2D eigenvalue weighted by atomic mass is 32.2. The SMILES string of the molecule is CCOC(=O)C(CSc1nnc(C)s1)NC1CC1. The molecule has 0 aliphatic heterocycles. The standard InChI is InChI=1S/C11H17N3O2S2/c1-3-16-10(15)9(12-8-4-5-8)6-17-11-14-13-7(2)18-11/h8-9,12H,3-6H2,1-2H3. The Bertz CT molecular complexity index is 407. The zero-order chi connectivity index (χ0) is 13.0. The summed E-state index contributed by atoms with van der Waals surface area (Å²) in [7, 11) is 0. The van der Waals surface area contributed by atoms with Crippen LogP contribution in [0.5, 0.6) is 0 Å². The van der Waals surface area contributed by atoms with Crippen LogP contribution in [0.25, 0.3) is 0 Å². The number of nitrogens with one attached hydrogen (secondary N) is 1. The summed E-state index contributed by atoms with van der Waals surface area (Å²) in [4.78, 5) is 11.8. The number of thioether (sulfide) groups is 1. The first-order valence-electron chi connectivity index (χ1n) is 6.04. The lowest BCUT2D eigenvalue weighted by Gasteiger charge is -2.15. The minimum Gasteiger partial charge on any atom is -0.465 e. The first-order chi connectivity index (χ1) is 8.69. The normalized spacial score (nSPS) is 16.6. The van der Waals surface area contributed by atoms with Crippen molar-refractivity contribution in [3.8, 4) is 0 Å². The third-order valence-corrected chi connectivity index (χ3v) is 4.53. The zero-order valence-corrected chi connectivity index (χ0v) is 12.1. The highest BCUT2D eigenvalue weighted by Gasteiger charge is 2.29. The third kappa shape index (κ3) is 4.22. The Hall–Kier alpha value is -0.660. The first-order valence-corrected chi connectivity index (χ1v) is 7.85.